The van der Waals surface area contributed by atoms with E-state index in [9.17, 15) is 4.79 Å². The molecule has 0 spiro atoms. The van der Waals surface area contributed by atoms with Crippen molar-refractivity contribution in [2.45, 2.75) is 31.9 Å². The molecule has 2 fully saturated rings. The number of likely N-dealkylation sites (tertiary alicyclic amines) is 1. The molecule has 2 aliphatic rings. The van der Waals surface area contributed by atoms with Crippen molar-refractivity contribution in [3.8, 4) is 0 Å². The van der Waals surface area contributed by atoms with Gasteiger partial charge in [-0.25, -0.2) is 0 Å². The van der Waals surface area contributed by atoms with Crippen molar-refractivity contribution in [1.29, 1.82) is 0 Å². The van der Waals surface area contributed by atoms with Crippen molar-refractivity contribution >= 4 is 5.91 Å². The third-order valence-electron chi connectivity index (χ3n) is 2.36. The van der Waals surface area contributed by atoms with E-state index in [0.717, 1.165) is 38.8 Å². The van der Waals surface area contributed by atoms with Crippen LogP contribution >= 0.6 is 0 Å². The SMILES string of the molecule is O=C1CCCN1C1CCCO1. The van der Waals surface area contributed by atoms with Gasteiger partial charge >= 0.3 is 0 Å². The minimum absolute atomic E-state index is 0.116. The number of hydrogen-bond donors (Lipinski definition) is 0. The Hall–Kier alpha value is -0.570. The summed E-state index contributed by atoms with van der Waals surface area (Å²) in [7, 11) is 0. The second kappa shape index (κ2) is 2.81. The highest BCUT2D eigenvalue weighted by Gasteiger charge is 2.30. The molecule has 0 aliphatic carbocycles. The van der Waals surface area contributed by atoms with Gasteiger partial charge in [-0.1, -0.05) is 0 Å². The van der Waals surface area contributed by atoms with Gasteiger partial charge in [0.1, 0.15) is 6.23 Å². The number of carbonyl (C=O) groups is 1. The van der Waals surface area contributed by atoms with Gasteiger partial charge in [-0.05, 0) is 19.3 Å². The van der Waals surface area contributed by atoms with Crippen LogP contribution in [-0.4, -0.2) is 30.2 Å². The second-order valence-corrected chi connectivity index (χ2v) is 3.16. The molecule has 0 N–H and O–H groups in total. The first-order valence-electron chi connectivity index (χ1n) is 4.29. The smallest absolute Gasteiger partial charge is 0.224 e. The first-order valence-corrected chi connectivity index (χ1v) is 4.29. The van der Waals surface area contributed by atoms with Gasteiger partial charge in [0.05, 0.1) is 0 Å². The summed E-state index contributed by atoms with van der Waals surface area (Å²) < 4.78 is 5.41. The van der Waals surface area contributed by atoms with Crippen LogP contribution in [-0.2, 0) is 9.53 Å². The average molecular weight is 155 g/mol. The van der Waals surface area contributed by atoms with Crippen molar-refractivity contribution in [3.05, 3.63) is 0 Å². The van der Waals surface area contributed by atoms with E-state index in [1.54, 1.807) is 0 Å². The molecule has 2 aliphatic heterocycles. The third-order valence-corrected chi connectivity index (χ3v) is 2.36. The highest BCUT2D eigenvalue weighted by Crippen LogP contribution is 2.21. The summed E-state index contributed by atoms with van der Waals surface area (Å²) in [5.74, 6) is 0.275. The van der Waals surface area contributed by atoms with Gasteiger partial charge in [-0.3, -0.25) is 4.79 Å². The molecular formula is C8H13NO2. The van der Waals surface area contributed by atoms with Gasteiger partial charge in [-0.15, -0.1) is 0 Å². The lowest BCUT2D eigenvalue weighted by Gasteiger charge is -2.22. The van der Waals surface area contributed by atoms with Crippen molar-refractivity contribution in [2.75, 3.05) is 13.2 Å². The fourth-order valence-corrected chi connectivity index (χ4v) is 1.78. The largest absolute Gasteiger partial charge is 0.358 e. The summed E-state index contributed by atoms with van der Waals surface area (Å²) in [6.45, 7) is 1.73. The summed E-state index contributed by atoms with van der Waals surface area (Å²) in [6, 6.07) is 0. The normalized spacial score (nSPS) is 31.8. The van der Waals surface area contributed by atoms with E-state index in [0.29, 0.717) is 0 Å². The topological polar surface area (TPSA) is 29.5 Å². The Morgan fingerprint density at radius 1 is 1.45 bits per heavy atom. The van der Waals surface area contributed by atoms with Crippen LogP contribution in [0.15, 0.2) is 0 Å². The molecule has 0 aromatic heterocycles. The van der Waals surface area contributed by atoms with E-state index < -0.39 is 0 Å². The van der Waals surface area contributed by atoms with E-state index in [4.69, 9.17) is 4.74 Å². The predicted molar refractivity (Wildman–Crippen MR) is 39.9 cm³/mol. The van der Waals surface area contributed by atoms with E-state index in [1.165, 1.54) is 0 Å². The summed E-state index contributed by atoms with van der Waals surface area (Å²) in [5.41, 5.74) is 0. The Labute approximate surface area is 66.3 Å². The predicted octanol–water partition coefficient (Wildman–Crippen LogP) is 0.745. The van der Waals surface area contributed by atoms with Crippen molar-refractivity contribution in [2.24, 2.45) is 0 Å². The van der Waals surface area contributed by atoms with Crippen LogP contribution in [0.2, 0.25) is 0 Å². The molecule has 2 heterocycles. The third kappa shape index (κ3) is 1.25. The number of nitrogens with zero attached hydrogens (tertiary/aromatic N) is 1. The maximum atomic E-state index is 11.2. The minimum atomic E-state index is 0.116. The van der Waals surface area contributed by atoms with Gasteiger partial charge in [0, 0.05) is 19.6 Å². The molecule has 0 aromatic carbocycles. The number of rotatable bonds is 1. The molecule has 2 saturated heterocycles. The van der Waals surface area contributed by atoms with Crippen LogP contribution in [0.4, 0.5) is 0 Å². The van der Waals surface area contributed by atoms with Crippen molar-refractivity contribution < 1.29 is 9.53 Å². The number of amides is 1. The van der Waals surface area contributed by atoms with Gasteiger partial charge in [0.2, 0.25) is 5.91 Å². The molecule has 1 atom stereocenters. The number of ether oxygens (including phenoxy) is 1. The average Bonchev–Trinajstić information content (AvgIpc) is 2.55. The van der Waals surface area contributed by atoms with Crippen LogP contribution in [0, 0.1) is 0 Å². The van der Waals surface area contributed by atoms with Crippen molar-refractivity contribution in [3.63, 3.8) is 0 Å². The molecule has 2 rings (SSSR count). The van der Waals surface area contributed by atoms with Gasteiger partial charge in [0.25, 0.3) is 0 Å². The van der Waals surface area contributed by atoms with Crippen LogP contribution in [0.25, 0.3) is 0 Å². The molecule has 3 heteroatoms. The summed E-state index contributed by atoms with van der Waals surface area (Å²) >= 11 is 0. The van der Waals surface area contributed by atoms with Gasteiger partial charge < -0.3 is 9.64 Å². The molecule has 1 amide bonds. The highest BCUT2D eigenvalue weighted by atomic mass is 16.5. The van der Waals surface area contributed by atoms with Crippen LogP contribution in [0.3, 0.4) is 0 Å². The maximum Gasteiger partial charge on any atom is 0.224 e. The fourth-order valence-electron chi connectivity index (χ4n) is 1.78. The zero-order valence-corrected chi connectivity index (χ0v) is 6.58. The molecule has 0 aromatic rings. The minimum Gasteiger partial charge on any atom is -0.358 e. The lowest BCUT2D eigenvalue weighted by atomic mass is 10.3. The lowest BCUT2D eigenvalue weighted by Crippen LogP contribution is -2.35. The maximum absolute atomic E-state index is 11.2. The number of carbonyl (C=O) groups excluding carboxylic acids is 1. The van der Waals surface area contributed by atoms with Gasteiger partial charge in [0.15, 0.2) is 0 Å². The Balaban J connectivity index is 1.97. The molecule has 0 radical (unpaired) electrons. The zero-order chi connectivity index (χ0) is 7.68. The van der Waals surface area contributed by atoms with E-state index in [-0.39, 0.29) is 12.1 Å². The first kappa shape index (κ1) is 7.10. The molecule has 62 valence electrons. The second-order valence-electron chi connectivity index (χ2n) is 3.16. The summed E-state index contributed by atoms with van der Waals surface area (Å²) in [5, 5.41) is 0. The van der Waals surface area contributed by atoms with Crippen molar-refractivity contribution in [1.82, 2.24) is 4.90 Å². The summed E-state index contributed by atoms with van der Waals surface area (Å²) in [4.78, 5) is 13.1. The Morgan fingerprint density at radius 2 is 2.36 bits per heavy atom. The molecule has 11 heavy (non-hydrogen) atoms. The monoisotopic (exact) mass is 155 g/mol. The van der Waals surface area contributed by atoms with Gasteiger partial charge in [-0.2, -0.15) is 0 Å². The molecule has 1 unspecified atom stereocenters. The Kier molecular flexibility index (Phi) is 1.82. The summed E-state index contributed by atoms with van der Waals surface area (Å²) in [6.07, 6.45) is 3.99. The molecule has 0 saturated carbocycles. The Morgan fingerprint density at radius 3 is 2.91 bits per heavy atom. The molecule has 3 nitrogen and oxygen atoms in total. The first-order chi connectivity index (χ1) is 5.38. The van der Waals surface area contributed by atoms with Crippen LogP contribution < -0.4 is 0 Å². The Bertz CT molecular complexity index is 163. The molecular weight excluding hydrogens is 142 g/mol. The van der Waals surface area contributed by atoms with Crippen LogP contribution in [0.5, 0.6) is 0 Å². The van der Waals surface area contributed by atoms with E-state index in [1.807, 2.05) is 4.90 Å². The lowest BCUT2D eigenvalue weighted by molar-refractivity contribution is -0.137. The van der Waals surface area contributed by atoms with E-state index >= 15 is 0 Å². The quantitative estimate of drug-likeness (QED) is 0.559. The number of hydrogen-bond acceptors (Lipinski definition) is 2. The molecule has 0 bridgehead atoms. The fraction of sp³-hybridized carbons (Fsp3) is 0.875. The standard InChI is InChI=1S/C8H13NO2/c10-7-3-1-5-9(7)8-4-2-6-11-8/h8H,1-6H2. The van der Waals surface area contributed by atoms with Crippen LogP contribution in [0.1, 0.15) is 25.7 Å². The highest BCUT2D eigenvalue weighted by molar-refractivity contribution is 5.78. The zero-order valence-electron chi connectivity index (χ0n) is 6.58. The van der Waals surface area contributed by atoms with E-state index in [2.05, 4.69) is 0 Å².